The average molecular weight is 643 g/mol. The first-order valence-corrected chi connectivity index (χ1v) is 15.4. The van der Waals surface area contributed by atoms with E-state index in [0.717, 1.165) is 52.2 Å². The van der Waals surface area contributed by atoms with Gasteiger partial charge in [-0.15, -0.1) is 0 Å². The number of rotatable bonds is 10. The number of amidine groups is 2. The third-order valence-corrected chi connectivity index (χ3v) is 8.07. The predicted molar refractivity (Wildman–Crippen MR) is 172 cm³/mol. The fourth-order valence-corrected chi connectivity index (χ4v) is 5.24. The van der Waals surface area contributed by atoms with Crippen molar-refractivity contribution in [3.05, 3.63) is 77.9 Å². The number of amides is 3. The molecule has 13 nitrogen and oxygen atoms in total. The molecule has 3 aromatic carbocycles. The van der Waals surface area contributed by atoms with Crippen LogP contribution in [0.3, 0.4) is 0 Å². The Balaban J connectivity index is 1.33. The van der Waals surface area contributed by atoms with Gasteiger partial charge in [0.15, 0.2) is 11.7 Å². The van der Waals surface area contributed by atoms with Gasteiger partial charge in [0.1, 0.15) is 23.0 Å². The number of carbonyl (C=O) groups is 3. The predicted octanol–water partition coefficient (Wildman–Crippen LogP) is 5.46. The van der Waals surface area contributed by atoms with Gasteiger partial charge >= 0.3 is 0 Å². The number of anilines is 1. The van der Waals surface area contributed by atoms with E-state index >= 15 is 0 Å². The van der Waals surface area contributed by atoms with E-state index in [0.29, 0.717) is 39.8 Å². The minimum atomic E-state index is -0.690. The summed E-state index contributed by atoms with van der Waals surface area (Å²) in [7, 11) is 0. The molecule has 5 N–H and O–H groups in total. The molecule has 3 aromatic rings. The zero-order valence-corrected chi connectivity index (χ0v) is 26.2. The van der Waals surface area contributed by atoms with Crippen LogP contribution in [0.15, 0.2) is 66.7 Å². The van der Waals surface area contributed by atoms with Crippen molar-refractivity contribution in [1.29, 1.82) is 10.8 Å². The average Bonchev–Trinajstić information content (AvgIpc) is 3.88. The summed E-state index contributed by atoms with van der Waals surface area (Å²) < 4.78 is 12.2. The smallest absolute Gasteiger partial charge is 0.249 e. The molecule has 0 radical (unpaired) electrons. The van der Waals surface area contributed by atoms with E-state index in [1.165, 1.54) is 37.1 Å². The summed E-state index contributed by atoms with van der Waals surface area (Å²) in [6, 6.07) is 17.4. The zero-order valence-electron chi connectivity index (χ0n) is 26.2. The molecule has 47 heavy (non-hydrogen) atoms. The quantitative estimate of drug-likeness (QED) is 0.0837. The molecule has 3 amide bonds. The van der Waals surface area contributed by atoms with Gasteiger partial charge in [-0.05, 0) is 93.2 Å². The lowest BCUT2D eigenvalue weighted by Crippen LogP contribution is -2.39. The van der Waals surface area contributed by atoms with E-state index in [4.69, 9.17) is 20.3 Å². The van der Waals surface area contributed by atoms with Crippen LogP contribution in [0.1, 0.15) is 50.7 Å². The Bertz CT molecular complexity index is 1550. The molecule has 13 heteroatoms. The number of hydrogen-bond acceptors (Lipinski definition) is 10. The molecule has 1 saturated carbocycles. The molecule has 2 aliphatic rings. The van der Waals surface area contributed by atoms with Gasteiger partial charge in [0.2, 0.25) is 17.7 Å². The number of carbonyl (C=O) groups excluding carboxylic acids is 3. The van der Waals surface area contributed by atoms with Crippen molar-refractivity contribution in [1.82, 2.24) is 15.0 Å². The highest BCUT2D eigenvalue weighted by molar-refractivity contribution is 6.05. The molecule has 1 heterocycles. The van der Waals surface area contributed by atoms with Gasteiger partial charge in [-0.2, -0.15) is 10.1 Å². The highest BCUT2D eigenvalue weighted by Crippen LogP contribution is 2.34. The number of benzene rings is 3. The van der Waals surface area contributed by atoms with Gasteiger partial charge in [-0.3, -0.25) is 35.6 Å². The van der Waals surface area contributed by atoms with Gasteiger partial charge in [0, 0.05) is 61.3 Å². The van der Waals surface area contributed by atoms with E-state index in [2.05, 4.69) is 10.2 Å². The number of piperidine rings is 1. The Morgan fingerprint density at radius 1 is 0.745 bits per heavy atom. The van der Waals surface area contributed by atoms with E-state index in [9.17, 15) is 24.8 Å². The number of likely N-dealkylation sites (tertiary alicyclic amines) is 1. The zero-order chi connectivity index (χ0) is 33.7. The topological polar surface area (TPSA) is 180 Å². The van der Waals surface area contributed by atoms with Crippen LogP contribution in [-0.4, -0.2) is 74.5 Å². The molecule has 246 valence electrons. The fourth-order valence-electron chi connectivity index (χ4n) is 5.24. The van der Waals surface area contributed by atoms with Crippen molar-refractivity contribution < 1.29 is 34.3 Å². The first-order chi connectivity index (χ1) is 22.5. The van der Waals surface area contributed by atoms with Crippen LogP contribution in [0.2, 0.25) is 0 Å². The van der Waals surface area contributed by atoms with E-state index < -0.39 is 11.8 Å². The molecule has 1 aliphatic heterocycles. The summed E-state index contributed by atoms with van der Waals surface area (Å²) in [6.07, 6.45) is 4.16. The normalized spacial score (nSPS) is 15.0. The van der Waals surface area contributed by atoms with Crippen molar-refractivity contribution in [2.24, 2.45) is 11.8 Å². The first kappa shape index (κ1) is 33.3. The third-order valence-electron chi connectivity index (χ3n) is 8.07. The molecule has 1 aliphatic carbocycles. The molecule has 0 spiro atoms. The standard InChI is InChI=1S/C34H38N6O7/c1-21(41)39(44)32(35)24-5-9-28(10-6-24)46-30-17-27(37-34(43)26-13-15-38(16-14-26)20-23-3-4-23)18-31(19-30)47-29-11-7-25(8-12-29)33(36)40(45)22(2)42/h5-12,17-19,23,26,35-36,44-45H,3-4,13-16,20H2,1-2H3,(H,37,43). The summed E-state index contributed by atoms with van der Waals surface area (Å²) in [5.41, 5.74) is 1.06. The third kappa shape index (κ3) is 8.79. The van der Waals surface area contributed by atoms with Gasteiger partial charge < -0.3 is 19.7 Å². The lowest BCUT2D eigenvalue weighted by Gasteiger charge is -2.31. The Morgan fingerprint density at radius 3 is 1.60 bits per heavy atom. The number of hydroxylamine groups is 4. The summed E-state index contributed by atoms with van der Waals surface area (Å²) in [4.78, 5) is 38.6. The number of hydrogen-bond donors (Lipinski definition) is 5. The molecular weight excluding hydrogens is 604 g/mol. The van der Waals surface area contributed by atoms with Gasteiger partial charge in [-0.1, -0.05) is 0 Å². The van der Waals surface area contributed by atoms with Crippen LogP contribution in [-0.2, 0) is 14.4 Å². The van der Waals surface area contributed by atoms with Crippen LogP contribution in [0.25, 0.3) is 0 Å². The van der Waals surface area contributed by atoms with Crippen molar-refractivity contribution in [3.63, 3.8) is 0 Å². The van der Waals surface area contributed by atoms with Gasteiger partial charge in [-0.25, -0.2) is 0 Å². The lowest BCUT2D eigenvalue weighted by molar-refractivity contribution is -0.147. The molecule has 0 aromatic heterocycles. The monoisotopic (exact) mass is 642 g/mol. The highest BCUT2D eigenvalue weighted by Gasteiger charge is 2.29. The Hall–Kier alpha value is -5.11. The summed E-state index contributed by atoms with van der Waals surface area (Å²) in [5.74, 6) is -0.0326. The van der Waals surface area contributed by atoms with E-state index in [1.54, 1.807) is 42.5 Å². The molecule has 2 fully saturated rings. The van der Waals surface area contributed by atoms with Crippen LogP contribution in [0.4, 0.5) is 5.69 Å². The molecule has 5 rings (SSSR count). The highest BCUT2D eigenvalue weighted by atomic mass is 16.5. The Labute approximate surface area is 272 Å². The number of nitrogens with zero attached hydrogens (tertiary/aromatic N) is 3. The summed E-state index contributed by atoms with van der Waals surface area (Å²) >= 11 is 0. The SMILES string of the molecule is CC(=O)N(O)C(=N)c1ccc(Oc2cc(NC(=O)C3CCN(CC4CC4)CC3)cc(Oc3ccc(C(=N)N(O)C(C)=O)cc3)c2)cc1. The van der Waals surface area contributed by atoms with Crippen molar-refractivity contribution >= 4 is 35.1 Å². The number of ether oxygens (including phenoxy) is 2. The Kier molecular flexibility index (Phi) is 10.3. The molecule has 0 bridgehead atoms. The van der Waals surface area contributed by atoms with Crippen LogP contribution in [0.5, 0.6) is 23.0 Å². The minimum Gasteiger partial charge on any atom is -0.457 e. The van der Waals surface area contributed by atoms with E-state index in [-0.39, 0.29) is 33.6 Å². The minimum absolute atomic E-state index is 0.0806. The Morgan fingerprint density at radius 2 is 1.19 bits per heavy atom. The number of nitrogens with one attached hydrogen (secondary N) is 3. The molecule has 0 unspecified atom stereocenters. The van der Waals surface area contributed by atoms with Crippen LogP contribution in [0, 0.1) is 22.7 Å². The van der Waals surface area contributed by atoms with Crippen LogP contribution >= 0.6 is 0 Å². The van der Waals surface area contributed by atoms with Gasteiger partial charge in [0.05, 0.1) is 0 Å². The first-order valence-electron chi connectivity index (χ1n) is 15.4. The van der Waals surface area contributed by atoms with Crippen molar-refractivity contribution in [2.45, 2.75) is 39.5 Å². The van der Waals surface area contributed by atoms with Crippen molar-refractivity contribution in [2.75, 3.05) is 25.0 Å². The molecule has 0 atom stereocenters. The summed E-state index contributed by atoms with van der Waals surface area (Å²) in [6.45, 7) is 5.20. The fraction of sp³-hybridized carbons (Fsp3) is 0.324. The lowest BCUT2D eigenvalue weighted by atomic mass is 9.95. The molecular formula is C34H38N6O7. The second kappa shape index (κ2) is 14.5. The maximum Gasteiger partial charge on any atom is 0.249 e. The van der Waals surface area contributed by atoms with Gasteiger partial charge in [0.25, 0.3) is 0 Å². The second-order valence-corrected chi connectivity index (χ2v) is 11.8. The molecule has 1 saturated heterocycles. The van der Waals surface area contributed by atoms with Crippen LogP contribution < -0.4 is 14.8 Å². The van der Waals surface area contributed by atoms with Crippen molar-refractivity contribution in [3.8, 4) is 23.0 Å². The largest absolute Gasteiger partial charge is 0.457 e. The summed E-state index contributed by atoms with van der Waals surface area (Å²) in [5, 5.41) is 39.1. The maximum atomic E-state index is 13.3. The maximum absolute atomic E-state index is 13.3. The van der Waals surface area contributed by atoms with E-state index in [1.807, 2.05) is 0 Å². The second-order valence-electron chi connectivity index (χ2n) is 11.8.